The van der Waals surface area contributed by atoms with E-state index in [9.17, 15) is 0 Å². The lowest BCUT2D eigenvalue weighted by Crippen LogP contribution is -2.02. The summed E-state index contributed by atoms with van der Waals surface area (Å²) >= 11 is 5.83. The van der Waals surface area contributed by atoms with Crippen molar-refractivity contribution in [1.29, 1.82) is 0 Å². The van der Waals surface area contributed by atoms with E-state index in [1.807, 2.05) is 42.5 Å². The highest BCUT2D eigenvalue weighted by Crippen LogP contribution is 2.14. The molecule has 0 spiro atoms. The fourth-order valence-electron chi connectivity index (χ4n) is 1.63. The molecule has 18 heavy (non-hydrogen) atoms. The summed E-state index contributed by atoms with van der Waals surface area (Å²) in [6.45, 7) is 2.09. The second-order valence-corrected chi connectivity index (χ2v) is 4.33. The monoisotopic (exact) mass is 258 g/mol. The number of hydrogen-bond acceptors (Lipinski definition) is 2. The molecule has 0 atom stereocenters. The predicted molar refractivity (Wildman–Crippen MR) is 78.3 cm³/mol. The van der Waals surface area contributed by atoms with Crippen LogP contribution in [0.4, 0.5) is 5.69 Å². The van der Waals surface area contributed by atoms with E-state index in [2.05, 4.69) is 29.6 Å². The molecule has 0 heterocycles. The van der Waals surface area contributed by atoms with Crippen LogP contribution < -0.4 is 5.43 Å². The molecule has 0 saturated heterocycles. The van der Waals surface area contributed by atoms with Crippen molar-refractivity contribution in [2.75, 3.05) is 5.43 Å². The fraction of sp³-hybridized carbons (Fsp3) is 0.133. The van der Waals surface area contributed by atoms with Gasteiger partial charge < -0.3 is 0 Å². The quantitative estimate of drug-likeness (QED) is 0.631. The van der Waals surface area contributed by atoms with Gasteiger partial charge in [-0.15, -0.1) is 0 Å². The molecular weight excluding hydrogens is 244 g/mol. The van der Waals surface area contributed by atoms with Gasteiger partial charge in [0.05, 0.1) is 11.4 Å². The Kier molecular flexibility index (Phi) is 4.37. The zero-order valence-corrected chi connectivity index (χ0v) is 11.0. The van der Waals surface area contributed by atoms with Gasteiger partial charge in [-0.1, -0.05) is 48.9 Å². The Labute approximate surface area is 112 Å². The van der Waals surface area contributed by atoms with Crippen LogP contribution in [0.3, 0.4) is 0 Å². The molecule has 2 rings (SSSR count). The van der Waals surface area contributed by atoms with Crippen molar-refractivity contribution in [3.8, 4) is 0 Å². The predicted octanol–water partition coefficient (Wildman–Crippen LogP) is 4.57. The molecule has 0 radical (unpaired) electrons. The number of halogens is 1. The number of benzene rings is 2. The van der Waals surface area contributed by atoms with Crippen LogP contribution in [0.2, 0.25) is 5.02 Å². The van der Waals surface area contributed by atoms with Crippen LogP contribution >= 0.6 is 11.6 Å². The second-order valence-electron chi connectivity index (χ2n) is 3.90. The van der Waals surface area contributed by atoms with Crippen LogP contribution in [0.1, 0.15) is 18.9 Å². The third kappa shape index (κ3) is 3.34. The van der Waals surface area contributed by atoms with Crippen molar-refractivity contribution in [1.82, 2.24) is 0 Å². The Morgan fingerprint density at radius 3 is 2.33 bits per heavy atom. The van der Waals surface area contributed by atoms with E-state index < -0.39 is 0 Å². The van der Waals surface area contributed by atoms with Gasteiger partial charge in [0.15, 0.2) is 0 Å². The minimum atomic E-state index is 0.725. The summed E-state index contributed by atoms with van der Waals surface area (Å²) in [5, 5.41) is 5.16. The lowest BCUT2D eigenvalue weighted by atomic mass is 10.1. The van der Waals surface area contributed by atoms with Crippen LogP contribution in [-0.2, 0) is 0 Å². The van der Waals surface area contributed by atoms with Gasteiger partial charge in [-0.3, -0.25) is 5.43 Å². The van der Waals surface area contributed by atoms with Gasteiger partial charge in [0.2, 0.25) is 0 Å². The number of rotatable bonds is 4. The van der Waals surface area contributed by atoms with Gasteiger partial charge in [-0.05, 0) is 36.2 Å². The maximum Gasteiger partial charge on any atom is 0.0676 e. The van der Waals surface area contributed by atoms with E-state index in [0.29, 0.717) is 0 Å². The van der Waals surface area contributed by atoms with Crippen LogP contribution in [0.5, 0.6) is 0 Å². The van der Waals surface area contributed by atoms with Gasteiger partial charge in [0.1, 0.15) is 0 Å². The number of hydrazone groups is 1. The number of nitrogens with one attached hydrogen (secondary N) is 1. The van der Waals surface area contributed by atoms with Crippen LogP contribution in [0.25, 0.3) is 0 Å². The Hall–Kier alpha value is -1.80. The van der Waals surface area contributed by atoms with Gasteiger partial charge in [-0.2, -0.15) is 5.10 Å². The molecule has 2 aromatic carbocycles. The average Bonchev–Trinajstić information content (AvgIpc) is 2.43. The molecule has 0 aliphatic rings. The molecule has 3 heteroatoms. The summed E-state index contributed by atoms with van der Waals surface area (Å²) in [6.07, 6.45) is 0.880. The van der Waals surface area contributed by atoms with E-state index in [4.69, 9.17) is 11.6 Å². The summed E-state index contributed by atoms with van der Waals surface area (Å²) < 4.78 is 0. The largest absolute Gasteiger partial charge is 0.278 e. The van der Waals surface area contributed by atoms with Crippen LogP contribution in [-0.4, -0.2) is 5.71 Å². The van der Waals surface area contributed by atoms with Crippen LogP contribution in [0, 0.1) is 0 Å². The first-order valence-corrected chi connectivity index (χ1v) is 6.31. The van der Waals surface area contributed by atoms with E-state index in [1.54, 1.807) is 0 Å². The lowest BCUT2D eigenvalue weighted by Gasteiger charge is -2.05. The second kappa shape index (κ2) is 6.22. The van der Waals surface area contributed by atoms with Crippen molar-refractivity contribution in [2.45, 2.75) is 13.3 Å². The molecule has 0 fully saturated rings. The number of anilines is 1. The molecular formula is C15H15ClN2. The Morgan fingerprint density at radius 1 is 1.06 bits per heavy atom. The number of nitrogens with zero attached hydrogens (tertiary/aromatic N) is 1. The van der Waals surface area contributed by atoms with Crippen molar-refractivity contribution < 1.29 is 0 Å². The maximum absolute atomic E-state index is 5.83. The normalized spacial score (nSPS) is 11.3. The molecule has 0 aliphatic heterocycles. The Morgan fingerprint density at radius 2 is 1.72 bits per heavy atom. The highest BCUT2D eigenvalue weighted by molar-refractivity contribution is 6.30. The first-order valence-electron chi connectivity index (χ1n) is 5.93. The molecule has 0 unspecified atom stereocenters. The smallest absolute Gasteiger partial charge is 0.0676 e. The van der Waals surface area contributed by atoms with Gasteiger partial charge in [-0.25, -0.2) is 0 Å². The molecule has 1 N–H and O–H groups in total. The highest BCUT2D eigenvalue weighted by atomic mass is 35.5. The van der Waals surface area contributed by atoms with Gasteiger partial charge in [0, 0.05) is 5.02 Å². The molecule has 0 aromatic heterocycles. The van der Waals surface area contributed by atoms with Crippen LogP contribution in [0.15, 0.2) is 59.7 Å². The Bertz CT molecular complexity index is 518. The topological polar surface area (TPSA) is 24.4 Å². The highest BCUT2D eigenvalue weighted by Gasteiger charge is 1.99. The van der Waals surface area contributed by atoms with E-state index in [-0.39, 0.29) is 0 Å². The molecule has 0 amide bonds. The molecule has 2 aromatic rings. The third-order valence-electron chi connectivity index (χ3n) is 2.61. The molecule has 0 saturated carbocycles. The summed E-state index contributed by atoms with van der Waals surface area (Å²) in [5.41, 5.74) is 6.16. The molecule has 2 nitrogen and oxygen atoms in total. The summed E-state index contributed by atoms with van der Waals surface area (Å²) in [7, 11) is 0. The van der Waals surface area contributed by atoms with Crippen molar-refractivity contribution >= 4 is 23.0 Å². The van der Waals surface area contributed by atoms with E-state index in [0.717, 1.165) is 28.4 Å². The first kappa shape index (κ1) is 12.7. The summed E-state index contributed by atoms with van der Waals surface area (Å²) in [5.74, 6) is 0. The summed E-state index contributed by atoms with van der Waals surface area (Å²) in [4.78, 5) is 0. The van der Waals surface area contributed by atoms with Crippen molar-refractivity contribution in [3.05, 3.63) is 65.2 Å². The van der Waals surface area contributed by atoms with Crippen molar-refractivity contribution in [3.63, 3.8) is 0 Å². The number of hydrogen-bond donors (Lipinski definition) is 1. The summed E-state index contributed by atoms with van der Waals surface area (Å²) in [6, 6.07) is 17.7. The minimum absolute atomic E-state index is 0.725. The van der Waals surface area contributed by atoms with Gasteiger partial charge >= 0.3 is 0 Å². The minimum Gasteiger partial charge on any atom is -0.278 e. The fourth-order valence-corrected chi connectivity index (χ4v) is 1.76. The molecule has 0 bridgehead atoms. The third-order valence-corrected chi connectivity index (χ3v) is 2.86. The van der Waals surface area contributed by atoms with E-state index >= 15 is 0 Å². The standard InChI is InChI=1S/C15H15ClN2/c1-2-15(12-6-4-3-5-7-12)18-17-14-10-8-13(16)9-11-14/h3-11,17H,2H2,1H3/b18-15-. The average molecular weight is 259 g/mol. The molecule has 92 valence electrons. The molecule has 0 aliphatic carbocycles. The first-order chi connectivity index (χ1) is 8.79. The maximum atomic E-state index is 5.83. The van der Waals surface area contributed by atoms with E-state index in [1.165, 1.54) is 0 Å². The van der Waals surface area contributed by atoms with Crippen molar-refractivity contribution in [2.24, 2.45) is 5.10 Å². The van der Waals surface area contributed by atoms with Gasteiger partial charge in [0.25, 0.3) is 0 Å². The lowest BCUT2D eigenvalue weighted by molar-refractivity contribution is 1.22. The Balaban J connectivity index is 2.14. The zero-order chi connectivity index (χ0) is 12.8. The zero-order valence-electron chi connectivity index (χ0n) is 10.2. The SMILES string of the molecule is CC/C(=N/Nc1ccc(Cl)cc1)c1ccccc1.